The molecule has 0 aliphatic rings. The molecule has 0 radical (unpaired) electrons. The molecule has 106 valence electrons. The van der Waals surface area contributed by atoms with E-state index in [4.69, 9.17) is 10.5 Å². The van der Waals surface area contributed by atoms with Crippen LogP contribution in [0, 0.1) is 0 Å². The number of thiophene rings is 1. The van der Waals surface area contributed by atoms with E-state index < -0.39 is 12.1 Å². The number of hydrogen-bond acceptors (Lipinski definition) is 5. The van der Waals surface area contributed by atoms with E-state index in [2.05, 4.69) is 5.32 Å². The lowest BCUT2D eigenvalue weighted by Crippen LogP contribution is -2.35. The average molecular weight is 292 g/mol. The third-order valence-corrected chi connectivity index (χ3v) is 3.84. The van der Waals surface area contributed by atoms with E-state index in [0.717, 1.165) is 10.1 Å². The van der Waals surface area contributed by atoms with Crippen molar-refractivity contribution in [3.8, 4) is 0 Å². The smallest absolute Gasteiger partial charge is 0.349 e. The molecule has 6 heteroatoms. The van der Waals surface area contributed by atoms with Crippen molar-refractivity contribution < 1.29 is 14.3 Å². The Balaban J connectivity index is 2.13. The zero-order valence-electron chi connectivity index (χ0n) is 11.3. The highest BCUT2D eigenvalue weighted by Crippen LogP contribution is 2.28. The van der Waals surface area contributed by atoms with Crippen molar-refractivity contribution >= 4 is 39.0 Å². The molecule has 1 aromatic heterocycles. The van der Waals surface area contributed by atoms with Gasteiger partial charge in [0.15, 0.2) is 6.10 Å². The van der Waals surface area contributed by atoms with Crippen LogP contribution < -0.4 is 11.1 Å². The van der Waals surface area contributed by atoms with Crippen LogP contribution in [0.4, 0.5) is 5.69 Å². The van der Waals surface area contributed by atoms with E-state index in [1.54, 1.807) is 25.1 Å². The van der Waals surface area contributed by atoms with Crippen LogP contribution in [-0.2, 0) is 9.53 Å². The van der Waals surface area contributed by atoms with Gasteiger partial charge in [0.05, 0.1) is 0 Å². The monoisotopic (exact) mass is 292 g/mol. The SMILES string of the molecule is CCNC(=O)C(C)OC(=O)c1cc2cc(N)ccc2s1. The Morgan fingerprint density at radius 2 is 2.15 bits per heavy atom. The number of carbonyl (C=O) groups is 2. The number of esters is 1. The van der Waals surface area contributed by atoms with E-state index in [1.807, 2.05) is 13.0 Å². The topological polar surface area (TPSA) is 81.4 Å². The molecular formula is C14H16N2O3S. The lowest BCUT2D eigenvalue weighted by atomic mass is 10.2. The van der Waals surface area contributed by atoms with Crippen molar-refractivity contribution in [2.24, 2.45) is 0 Å². The van der Waals surface area contributed by atoms with E-state index in [9.17, 15) is 9.59 Å². The molecular weight excluding hydrogens is 276 g/mol. The zero-order valence-corrected chi connectivity index (χ0v) is 12.1. The molecule has 3 N–H and O–H groups in total. The predicted molar refractivity (Wildman–Crippen MR) is 79.8 cm³/mol. The second kappa shape index (κ2) is 5.92. The van der Waals surface area contributed by atoms with Crippen molar-refractivity contribution in [1.82, 2.24) is 5.32 Å². The number of carbonyl (C=O) groups excluding carboxylic acids is 2. The minimum atomic E-state index is -0.808. The third kappa shape index (κ3) is 3.08. The summed E-state index contributed by atoms with van der Waals surface area (Å²) < 4.78 is 6.09. The summed E-state index contributed by atoms with van der Waals surface area (Å²) in [7, 11) is 0. The summed E-state index contributed by atoms with van der Waals surface area (Å²) in [5.41, 5.74) is 6.34. The molecule has 2 rings (SSSR count). The molecule has 0 saturated heterocycles. The van der Waals surface area contributed by atoms with E-state index in [-0.39, 0.29) is 5.91 Å². The largest absolute Gasteiger partial charge is 0.448 e. The highest BCUT2D eigenvalue weighted by Gasteiger charge is 2.19. The molecule has 1 heterocycles. The van der Waals surface area contributed by atoms with E-state index in [0.29, 0.717) is 17.1 Å². The van der Waals surface area contributed by atoms with Crippen molar-refractivity contribution in [2.75, 3.05) is 12.3 Å². The van der Waals surface area contributed by atoms with Gasteiger partial charge in [0.1, 0.15) is 4.88 Å². The molecule has 0 bridgehead atoms. The van der Waals surface area contributed by atoms with Crippen LogP contribution in [0.25, 0.3) is 10.1 Å². The summed E-state index contributed by atoms with van der Waals surface area (Å²) in [5.74, 6) is -0.797. The number of fused-ring (bicyclic) bond motifs is 1. The van der Waals surface area contributed by atoms with Gasteiger partial charge in [-0.15, -0.1) is 11.3 Å². The molecule has 1 atom stereocenters. The number of amides is 1. The highest BCUT2D eigenvalue weighted by molar-refractivity contribution is 7.20. The van der Waals surface area contributed by atoms with Gasteiger partial charge < -0.3 is 15.8 Å². The van der Waals surface area contributed by atoms with Gasteiger partial charge >= 0.3 is 5.97 Å². The fourth-order valence-electron chi connectivity index (χ4n) is 1.75. The van der Waals surface area contributed by atoms with Crippen LogP contribution in [0.5, 0.6) is 0 Å². The number of nitrogens with two attached hydrogens (primary N) is 1. The first-order chi connectivity index (χ1) is 9.51. The Bertz CT molecular complexity index is 651. The molecule has 5 nitrogen and oxygen atoms in total. The molecule has 0 aliphatic carbocycles. The van der Waals surface area contributed by atoms with Crippen LogP contribution in [0.3, 0.4) is 0 Å². The van der Waals surface area contributed by atoms with Gasteiger partial charge in [0.25, 0.3) is 5.91 Å². The third-order valence-electron chi connectivity index (χ3n) is 2.75. The van der Waals surface area contributed by atoms with Crippen molar-refractivity contribution in [3.63, 3.8) is 0 Å². The Hall–Kier alpha value is -2.08. The molecule has 0 spiro atoms. The van der Waals surface area contributed by atoms with Gasteiger partial charge in [-0.05, 0) is 43.5 Å². The second-order valence-electron chi connectivity index (χ2n) is 4.35. The van der Waals surface area contributed by atoms with Crippen LogP contribution >= 0.6 is 11.3 Å². The quantitative estimate of drug-likeness (QED) is 0.668. The minimum Gasteiger partial charge on any atom is -0.448 e. The number of rotatable bonds is 4. The maximum absolute atomic E-state index is 12.0. The van der Waals surface area contributed by atoms with Crippen molar-refractivity contribution in [2.45, 2.75) is 20.0 Å². The summed E-state index contributed by atoms with van der Waals surface area (Å²) in [4.78, 5) is 24.0. The number of benzene rings is 1. The van der Waals surface area contributed by atoms with Crippen molar-refractivity contribution in [3.05, 3.63) is 29.1 Å². The maximum Gasteiger partial charge on any atom is 0.349 e. The molecule has 0 aliphatic heterocycles. The van der Waals surface area contributed by atoms with Gasteiger partial charge in [-0.25, -0.2) is 4.79 Å². The Morgan fingerprint density at radius 3 is 2.85 bits per heavy atom. The first kappa shape index (κ1) is 14.3. The highest BCUT2D eigenvalue weighted by atomic mass is 32.1. The fourth-order valence-corrected chi connectivity index (χ4v) is 2.68. The molecule has 1 aromatic carbocycles. The number of hydrogen-bond donors (Lipinski definition) is 2. The number of nitrogen functional groups attached to an aromatic ring is 1. The van der Waals surface area contributed by atoms with Crippen molar-refractivity contribution in [1.29, 1.82) is 0 Å². The normalized spacial score (nSPS) is 12.1. The predicted octanol–water partition coefficient (Wildman–Crippen LogP) is 2.16. The van der Waals surface area contributed by atoms with Gasteiger partial charge in [-0.2, -0.15) is 0 Å². The minimum absolute atomic E-state index is 0.300. The van der Waals surface area contributed by atoms with Gasteiger partial charge in [0.2, 0.25) is 0 Å². The van der Waals surface area contributed by atoms with Crippen LogP contribution in [0.2, 0.25) is 0 Å². The Morgan fingerprint density at radius 1 is 1.40 bits per heavy atom. The number of ether oxygens (including phenoxy) is 1. The maximum atomic E-state index is 12.0. The van der Waals surface area contributed by atoms with Crippen LogP contribution in [0.1, 0.15) is 23.5 Å². The second-order valence-corrected chi connectivity index (χ2v) is 5.43. The van der Waals surface area contributed by atoms with Gasteiger partial charge in [0, 0.05) is 16.9 Å². The molecule has 1 amide bonds. The summed E-state index contributed by atoms with van der Waals surface area (Å²) in [6.45, 7) is 3.86. The molecule has 2 aromatic rings. The Labute approximate surface area is 120 Å². The fraction of sp³-hybridized carbons (Fsp3) is 0.286. The molecule has 1 unspecified atom stereocenters. The standard InChI is InChI=1S/C14H16N2O3S/c1-3-16-13(17)8(2)19-14(18)12-7-9-6-10(15)4-5-11(9)20-12/h4-8H,3,15H2,1-2H3,(H,16,17). The Kier molecular flexibility index (Phi) is 4.24. The lowest BCUT2D eigenvalue weighted by molar-refractivity contribution is -0.128. The van der Waals surface area contributed by atoms with E-state index in [1.165, 1.54) is 11.3 Å². The number of nitrogens with one attached hydrogen (secondary N) is 1. The first-order valence-corrected chi connectivity index (χ1v) is 7.10. The zero-order chi connectivity index (χ0) is 14.7. The molecule has 0 saturated carbocycles. The number of anilines is 1. The van der Waals surface area contributed by atoms with Crippen LogP contribution in [0.15, 0.2) is 24.3 Å². The van der Waals surface area contributed by atoms with Gasteiger partial charge in [-0.1, -0.05) is 0 Å². The lowest BCUT2D eigenvalue weighted by Gasteiger charge is -2.11. The summed E-state index contributed by atoms with van der Waals surface area (Å²) in [5, 5.41) is 3.50. The summed E-state index contributed by atoms with van der Waals surface area (Å²) in [6, 6.07) is 7.17. The molecule has 0 fully saturated rings. The first-order valence-electron chi connectivity index (χ1n) is 6.29. The van der Waals surface area contributed by atoms with Gasteiger partial charge in [-0.3, -0.25) is 4.79 Å². The number of likely N-dealkylation sites (N-methyl/N-ethyl adjacent to an activating group) is 1. The summed E-state index contributed by atoms with van der Waals surface area (Å²) in [6.07, 6.45) is -0.808. The molecule has 20 heavy (non-hydrogen) atoms. The summed E-state index contributed by atoms with van der Waals surface area (Å²) >= 11 is 1.32. The van der Waals surface area contributed by atoms with Crippen LogP contribution in [-0.4, -0.2) is 24.5 Å². The average Bonchev–Trinajstić information content (AvgIpc) is 2.81. The van der Waals surface area contributed by atoms with E-state index >= 15 is 0 Å².